The van der Waals surface area contributed by atoms with Gasteiger partial charge in [0.15, 0.2) is 0 Å². The topological polar surface area (TPSA) is 44.6 Å². The average molecular weight is 125 g/mol. The van der Waals surface area contributed by atoms with Crippen molar-refractivity contribution in [3.8, 4) is 0 Å². The van der Waals surface area contributed by atoms with Gasteiger partial charge in [-0.15, -0.1) is 0 Å². The van der Waals surface area contributed by atoms with Gasteiger partial charge in [0.1, 0.15) is 0 Å². The van der Waals surface area contributed by atoms with Crippen LogP contribution in [-0.4, -0.2) is 20.2 Å². The lowest BCUT2D eigenvalue weighted by molar-refractivity contribution is -0.803. The van der Waals surface area contributed by atoms with Crippen LogP contribution in [0.3, 0.4) is 0 Å². The molecule has 0 saturated heterocycles. The predicted octanol–water partition coefficient (Wildman–Crippen LogP) is -5.52. The molecule has 0 saturated carbocycles. The first-order chi connectivity index (χ1) is 2.64. The minimum atomic E-state index is -1.07. The van der Waals surface area contributed by atoms with Crippen LogP contribution < -0.4 is 22.4 Å². The van der Waals surface area contributed by atoms with E-state index in [0.717, 1.165) is 0 Å². The molecule has 0 fully saturated rings. The van der Waals surface area contributed by atoms with Crippen molar-refractivity contribution in [1.29, 1.82) is 0 Å². The lowest BCUT2D eigenvalue weighted by Crippen LogP contribution is -3.11. The molecule has 0 aliphatic carbocycles. The molecular formula is C3H7ClNO2-. The van der Waals surface area contributed by atoms with E-state index in [1.807, 2.05) is 0 Å². The van der Waals surface area contributed by atoms with Crippen molar-refractivity contribution in [2.24, 2.45) is 0 Å². The molecule has 0 aliphatic heterocycles. The number of halogens is 1. The number of quaternary nitrogens is 1. The van der Waals surface area contributed by atoms with E-state index in [1.165, 1.54) is 14.1 Å². The second-order valence-corrected chi connectivity index (χ2v) is 1.29. The van der Waals surface area contributed by atoms with E-state index in [2.05, 4.69) is 0 Å². The molecule has 3 nitrogen and oxygen atoms in total. The highest BCUT2D eigenvalue weighted by Gasteiger charge is 1.86. The lowest BCUT2D eigenvalue weighted by Gasteiger charge is -2.02. The Hall–Kier alpha value is -0.280. The lowest BCUT2D eigenvalue weighted by atomic mass is 10.9. The molecule has 1 N–H and O–H groups in total. The molecule has 0 atom stereocenters. The fourth-order valence-corrected chi connectivity index (χ4v) is 0. The van der Waals surface area contributed by atoms with Gasteiger partial charge in [-0.2, -0.15) is 0 Å². The smallest absolute Gasteiger partial charge is 0.255 e. The fraction of sp³-hybridized carbons (Fsp3) is 0.667. The third-order valence-electron chi connectivity index (χ3n) is 0.408. The van der Waals surface area contributed by atoms with Gasteiger partial charge >= 0.3 is 0 Å². The van der Waals surface area contributed by atoms with Gasteiger partial charge in [0, 0.05) is 0 Å². The zero-order chi connectivity index (χ0) is 5.15. The summed E-state index contributed by atoms with van der Waals surface area (Å²) in [7, 11) is 2.99. The SMILES string of the molecule is C[NH+](C)C(=O)[O-].[Cl-]. The van der Waals surface area contributed by atoms with E-state index in [0.29, 0.717) is 4.90 Å². The van der Waals surface area contributed by atoms with Crippen LogP contribution in [-0.2, 0) is 0 Å². The molecule has 0 aromatic rings. The molecule has 0 aromatic carbocycles. The number of rotatable bonds is 0. The van der Waals surface area contributed by atoms with Gasteiger partial charge < -0.3 is 22.3 Å². The highest BCUT2D eigenvalue weighted by atomic mass is 35.5. The summed E-state index contributed by atoms with van der Waals surface area (Å²) in [6.45, 7) is 0. The average Bonchev–Trinajstić information content (AvgIpc) is 1.36. The Morgan fingerprint density at radius 1 is 1.57 bits per heavy atom. The van der Waals surface area contributed by atoms with Crippen LogP contribution in [0.1, 0.15) is 0 Å². The molecule has 1 amide bonds. The summed E-state index contributed by atoms with van der Waals surface area (Å²) >= 11 is 0. The number of nitrogens with one attached hydrogen (secondary N) is 1. The molecule has 4 heteroatoms. The van der Waals surface area contributed by atoms with Crippen LogP contribution in [0.4, 0.5) is 4.79 Å². The largest absolute Gasteiger partial charge is 1.00 e. The normalized spacial score (nSPS) is 7.86. The maximum Gasteiger partial charge on any atom is 0.255 e. The van der Waals surface area contributed by atoms with E-state index in [9.17, 15) is 9.90 Å². The number of carboxylic acid groups (broad SMARTS) is 1. The summed E-state index contributed by atoms with van der Waals surface area (Å²) < 4.78 is 0. The number of amides is 1. The Kier molecular flexibility index (Phi) is 5.49. The predicted molar refractivity (Wildman–Crippen MR) is 18.2 cm³/mol. The number of hydrogen-bond donors (Lipinski definition) is 1. The fourth-order valence-electron chi connectivity index (χ4n) is 0. The van der Waals surface area contributed by atoms with E-state index >= 15 is 0 Å². The maximum atomic E-state index is 9.55. The first kappa shape index (κ1) is 9.87. The molecular weight excluding hydrogens is 117 g/mol. The van der Waals surface area contributed by atoms with Crippen molar-refractivity contribution in [3.05, 3.63) is 0 Å². The van der Waals surface area contributed by atoms with Crippen molar-refractivity contribution in [2.75, 3.05) is 14.1 Å². The first-order valence-electron chi connectivity index (χ1n) is 1.66. The Balaban J connectivity index is 0. The van der Waals surface area contributed by atoms with Crippen molar-refractivity contribution >= 4 is 6.09 Å². The van der Waals surface area contributed by atoms with Crippen molar-refractivity contribution in [1.82, 2.24) is 0 Å². The van der Waals surface area contributed by atoms with Gasteiger partial charge in [-0.3, -0.25) is 4.90 Å². The van der Waals surface area contributed by atoms with Crippen LogP contribution in [0.25, 0.3) is 0 Å². The van der Waals surface area contributed by atoms with E-state index in [-0.39, 0.29) is 12.4 Å². The summed E-state index contributed by atoms with van der Waals surface area (Å²) in [4.78, 5) is 9.87. The van der Waals surface area contributed by atoms with Crippen LogP contribution in [0.5, 0.6) is 0 Å². The zero-order valence-electron chi connectivity index (χ0n) is 4.19. The van der Waals surface area contributed by atoms with Crippen molar-refractivity contribution < 1.29 is 27.2 Å². The molecule has 0 radical (unpaired) electrons. The Labute approximate surface area is 48.3 Å². The number of hydrogen-bond acceptors (Lipinski definition) is 2. The summed E-state index contributed by atoms with van der Waals surface area (Å²) in [6.07, 6.45) is -1.07. The highest BCUT2D eigenvalue weighted by molar-refractivity contribution is 5.50. The van der Waals surface area contributed by atoms with E-state index in [4.69, 9.17) is 0 Å². The minimum Gasteiger partial charge on any atom is -1.00 e. The number of carbonyl (C=O) groups excluding carboxylic acids is 1. The maximum absolute atomic E-state index is 9.55. The van der Waals surface area contributed by atoms with E-state index in [1.54, 1.807) is 0 Å². The molecule has 0 spiro atoms. The van der Waals surface area contributed by atoms with Crippen molar-refractivity contribution in [2.45, 2.75) is 0 Å². The summed E-state index contributed by atoms with van der Waals surface area (Å²) in [5.74, 6) is 0. The second-order valence-electron chi connectivity index (χ2n) is 1.29. The van der Waals surface area contributed by atoms with Crippen LogP contribution >= 0.6 is 0 Å². The molecule has 0 rings (SSSR count). The molecule has 7 heavy (non-hydrogen) atoms. The Morgan fingerprint density at radius 3 is 1.71 bits per heavy atom. The summed E-state index contributed by atoms with van der Waals surface area (Å²) in [5, 5.41) is 9.55. The molecule has 0 unspecified atom stereocenters. The standard InChI is InChI=1S/C3H7NO2.ClH/c1-4(2)3(5)6;/h1-2H3,(H,5,6);1H/p-1. The monoisotopic (exact) mass is 124 g/mol. The van der Waals surface area contributed by atoms with Gasteiger partial charge in [-0.1, -0.05) is 0 Å². The van der Waals surface area contributed by atoms with Crippen LogP contribution in [0, 0.1) is 0 Å². The molecule has 44 valence electrons. The third kappa shape index (κ3) is 5.72. The third-order valence-corrected chi connectivity index (χ3v) is 0.408. The second kappa shape index (κ2) is 3.89. The van der Waals surface area contributed by atoms with Gasteiger partial charge in [0.05, 0.1) is 14.1 Å². The summed E-state index contributed by atoms with van der Waals surface area (Å²) in [6, 6.07) is 0. The van der Waals surface area contributed by atoms with Gasteiger partial charge in [-0.05, 0) is 0 Å². The van der Waals surface area contributed by atoms with Gasteiger partial charge in [0.2, 0.25) is 0 Å². The highest BCUT2D eigenvalue weighted by Crippen LogP contribution is 1.28. The van der Waals surface area contributed by atoms with Gasteiger partial charge in [0.25, 0.3) is 6.09 Å². The number of carbonyl (C=O) groups is 1. The molecule has 0 aromatic heterocycles. The van der Waals surface area contributed by atoms with Gasteiger partial charge in [-0.25, -0.2) is 0 Å². The van der Waals surface area contributed by atoms with Crippen molar-refractivity contribution in [3.63, 3.8) is 0 Å². The van der Waals surface area contributed by atoms with E-state index < -0.39 is 6.09 Å². The van der Waals surface area contributed by atoms with Crippen LogP contribution in [0.15, 0.2) is 0 Å². The quantitative estimate of drug-likeness (QED) is 0.350. The summed E-state index contributed by atoms with van der Waals surface area (Å²) in [5.41, 5.74) is 0. The first-order valence-corrected chi connectivity index (χ1v) is 1.66. The molecule has 0 aliphatic rings. The molecule has 0 bridgehead atoms. The Morgan fingerprint density at radius 2 is 1.71 bits per heavy atom. The van der Waals surface area contributed by atoms with Crippen LogP contribution in [0.2, 0.25) is 0 Å². The minimum absolute atomic E-state index is 0. The Bertz CT molecular complexity index is 64.0. The molecule has 0 heterocycles. The zero-order valence-corrected chi connectivity index (χ0v) is 4.95.